The van der Waals surface area contributed by atoms with E-state index in [1.807, 2.05) is 0 Å². The highest BCUT2D eigenvalue weighted by molar-refractivity contribution is 5.93. The first-order chi connectivity index (χ1) is 10.1. The molecule has 9 nitrogen and oxygen atoms in total. The first-order valence-electron chi connectivity index (χ1n) is 6.52. The number of hydrogen-bond acceptors (Lipinski definition) is 7. The monoisotopic (exact) mass is 320 g/mol. The molecule has 0 amide bonds. The predicted molar refractivity (Wildman–Crippen MR) is 70.8 cm³/mol. The van der Waals surface area contributed by atoms with Gasteiger partial charge in [-0.3, -0.25) is 9.59 Å². The molecule has 9 heteroatoms. The Kier molecular flexibility index (Phi) is 6.98. The van der Waals surface area contributed by atoms with Gasteiger partial charge in [0.15, 0.2) is 12.2 Å². The highest BCUT2D eigenvalue weighted by atomic mass is 16.6. The summed E-state index contributed by atoms with van der Waals surface area (Å²) in [5.74, 6) is -5.48. The first kappa shape index (κ1) is 19.8. The maximum atomic E-state index is 12.2. The number of rotatable bonds is 9. The van der Waals surface area contributed by atoms with Gasteiger partial charge in [-0.2, -0.15) is 0 Å². The number of carboxylic acid groups (broad SMARTS) is 2. The van der Waals surface area contributed by atoms with Crippen LogP contribution in [0.4, 0.5) is 0 Å². The van der Waals surface area contributed by atoms with E-state index < -0.39 is 47.9 Å². The van der Waals surface area contributed by atoms with Gasteiger partial charge in [0.05, 0.1) is 13.5 Å². The molecule has 0 aromatic rings. The summed E-state index contributed by atoms with van der Waals surface area (Å²) in [6, 6.07) is 0. The number of carboxylic acids is 2. The third kappa shape index (κ3) is 3.73. The lowest BCUT2D eigenvalue weighted by molar-refractivity contribution is -0.199. The third-order valence-corrected chi connectivity index (χ3v) is 3.70. The van der Waals surface area contributed by atoms with E-state index >= 15 is 0 Å². The average molecular weight is 320 g/mol. The van der Waals surface area contributed by atoms with Crippen molar-refractivity contribution in [2.75, 3.05) is 13.7 Å². The zero-order valence-corrected chi connectivity index (χ0v) is 12.6. The minimum absolute atomic E-state index is 0.195. The molecule has 0 rings (SSSR count). The molecule has 0 fully saturated rings. The molecule has 0 aliphatic heterocycles. The van der Waals surface area contributed by atoms with Crippen LogP contribution in [0.3, 0.4) is 0 Å². The van der Waals surface area contributed by atoms with Crippen LogP contribution in [0.2, 0.25) is 0 Å². The summed E-state index contributed by atoms with van der Waals surface area (Å²) in [7, 11) is 1.07. The van der Waals surface area contributed by atoms with Crippen LogP contribution in [-0.4, -0.2) is 58.5 Å². The Labute approximate surface area is 126 Å². The minimum atomic E-state index is -2.87. The van der Waals surface area contributed by atoms with E-state index in [4.69, 9.17) is 9.84 Å². The van der Waals surface area contributed by atoms with Crippen molar-refractivity contribution >= 4 is 23.9 Å². The van der Waals surface area contributed by atoms with Crippen LogP contribution in [-0.2, 0) is 28.7 Å². The summed E-state index contributed by atoms with van der Waals surface area (Å²) >= 11 is 0. The van der Waals surface area contributed by atoms with Crippen molar-refractivity contribution in [2.24, 2.45) is 5.41 Å². The molecule has 1 atom stereocenters. The van der Waals surface area contributed by atoms with E-state index in [1.54, 1.807) is 0 Å². The lowest BCUT2D eigenvalue weighted by atomic mass is 9.66. The maximum Gasteiger partial charge on any atom is 0.344 e. The van der Waals surface area contributed by atoms with Crippen LogP contribution in [0.1, 0.15) is 33.1 Å². The second kappa shape index (κ2) is 7.74. The van der Waals surface area contributed by atoms with Crippen molar-refractivity contribution in [2.45, 2.75) is 38.7 Å². The first-order valence-corrected chi connectivity index (χ1v) is 6.52. The number of aliphatic hydroxyl groups is 1. The van der Waals surface area contributed by atoms with Crippen molar-refractivity contribution in [3.63, 3.8) is 0 Å². The number of carbonyl (C=O) groups excluding carboxylic acids is 2. The Morgan fingerprint density at radius 3 is 1.86 bits per heavy atom. The number of carbonyl (C=O) groups is 4. The number of methoxy groups -OCH3 is 1. The maximum absolute atomic E-state index is 12.2. The number of aliphatic carboxylic acids is 2. The molecule has 3 N–H and O–H groups in total. The molecule has 0 bridgehead atoms. The lowest BCUT2D eigenvalue weighted by Crippen LogP contribution is -2.59. The molecular formula is C13H20O9. The van der Waals surface area contributed by atoms with Gasteiger partial charge in [-0.15, -0.1) is 0 Å². The zero-order chi connectivity index (χ0) is 17.6. The van der Waals surface area contributed by atoms with Gasteiger partial charge in [-0.05, 0) is 12.8 Å². The molecule has 0 radical (unpaired) electrons. The highest BCUT2D eigenvalue weighted by Crippen LogP contribution is 2.42. The van der Waals surface area contributed by atoms with Gasteiger partial charge in [0.25, 0.3) is 0 Å². The lowest BCUT2D eigenvalue weighted by Gasteiger charge is -2.40. The fraction of sp³-hybridized carbons (Fsp3) is 0.692. The summed E-state index contributed by atoms with van der Waals surface area (Å²) < 4.78 is 8.98. The molecule has 0 saturated carbocycles. The van der Waals surface area contributed by atoms with Gasteiger partial charge in [0.1, 0.15) is 5.41 Å². The van der Waals surface area contributed by atoms with Crippen molar-refractivity contribution in [3.8, 4) is 0 Å². The topological polar surface area (TPSA) is 147 Å². The van der Waals surface area contributed by atoms with Crippen LogP contribution in [0, 0.1) is 5.41 Å². The van der Waals surface area contributed by atoms with Crippen molar-refractivity contribution in [3.05, 3.63) is 0 Å². The second-order valence-electron chi connectivity index (χ2n) is 4.68. The summed E-state index contributed by atoms with van der Waals surface area (Å²) in [5, 5.41) is 28.4. The van der Waals surface area contributed by atoms with Gasteiger partial charge in [-0.25, -0.2) is 9.59 Å². The van der Waals surface area contributed by atoms with Crippen LogP contribution in [0.15, 0.2) is 0 Å². The number of ether oxygens (including phenoxy) is 2. The Morgan fingerprint density at radius 1 is 1.05 bits per heavy atom. The Morgan fingerprint density at radius 2 is 1.55 bits per heavy atom. The molecule has 0 heterocycles. The molecule has 126 valence electrons. The molecule has 0 spiro atoms. The molecule has 0 saturated heterocycles. The van der Waals surface area contributed by atoms with E-state index in [0.29, 0.717) is 0 Å². The van der Waals surface area contributed by atoms with E-state index in [1.165, 1.54) is 13.8 Å². The second-order valence-corrected chi connectivity index (χ2v) is 4.68. The molecule has 22 heavy (non-hydrogen) atoms. The molecule has 0 aromatic heterocycles. The molecule has 0 aliphatic carbocycles. The normalized spacial score (nSPS) is 13.8. The summed E-state index contributed by atoms with van der Waals surface area (Å²) in [4.78, 5) is 45.5. The Hall–Kier alpha value is -2.16. The molecule has 0 aromatic carbocycles. The molecular weight excluding hydrogens is 300 g/mol. The van der Waals surface area contributed by atoms with Crippen molar-refractivity contribution in [1.29, 1.82) is 0 Å². The van der Waals surface area contributed by atoms with Crippen molar-refractivity contribution < 1.29 is 44.0 Å². The SMILES string of the molecule is CCC(CC)(C(=O)OCC(=O)OC)C(O)(CC(=O)O)C(=O)O. The molecule has 1 unspecified atom stereocenters. The van der Waals surface area contributed by atoms with Gasteiger partial charge < -0.3 is 24.8 Å². The van der Waals surface area contributed by atoms with E-state index in [2.05, 4.69) is 4.74 Å². The van der Waals surface area contributed by atoms with Crippen LogP contribution >= 0.6 is 0 Å². The van der Waals surface area contributed by atoms with E-state index in [-0.39, 0.29) is 12.8 Å². The van der Waals surface area contributed by atoms with Gasteiger partial charge in [-0.1, -0.05) is 13.8 Å². The van der Waals surface area contributed by atoms with E-state index in [0.717, 1.165) is 7.11 Å². The smallest absolute Gasteiger partial charge is 0.344 e. The Balaban J connectivity index is 5.70. The van der Waals surface area contributed by atoms with Crippen LogP contribution in [0.25, 0.3) is 0 Å². The summed E-state index contributed by atoms with van der Waals surface area (Å²) in [5.41, 5.74) is -4.87. The summed E-state index contributed by atoms with van der Waals surface area (Å²) in [6.45, 7) is 2.07. The Bertz CT molecular complexity index is 452. The standard InChI is InChI=1S/C13H20O9/c1-4-12(5-2,11(19)22-7-9(16)21-3)13(20,10(17)18)6-8(14)15/h20H,4-7H2,1-3H3,(H,14,15)(H,17,18). The van der Waals surface area contributed by atoms with Gasteiger partial charge in [0, 0.05) is 0 Å². The van der Waals surface area contributed by atoms with Crippen LogP contribution in [0.5, 0.6) is 0 Å². The fourth-order valence-electron chi connectivity index (χ4n) is 2.28. The largest absolute Gasteiger partial charge is 0.481 e. The van der Waals surface area contributed by atoms with Gasteiger partial charge in [0.2, 0.25) is 0 Å². The quantitative estimate of drug-likeness (QED) is 0.491. The zero-order valence-electron chi connectivity index (χ0n) is 12.6. The van der Waals surface area contributed by atoms with Gasteiger partial charge >= 0.3 is 23.9 Å². The van der Waals surface area contributed by atoms with Crippen LogP contribution < -0.4 is 0 Å². The highest BCUT2D eigenvalue weighted by Gasteiger charge is 2.60. The number of hydrogen-bond donors (Lipinski definition) is 3. The third-order valence-electron chi connectivity index (χ3n) is 3.70. The number of esters is 2. The van der Waals surface area contributed by atoms with Crippen molar-refractivity contribution in [1.82, 2.24) is 0 Å². The fourth-order valence-corrected chi connectivity index (χ4v) is 2.28. The summed E-state index contributed by atoms with van der Waals surface area (Å²) in [6.07, 6.45) is -1.57. The van der Waals surface area contributed by atoms with E-state index in [9.17, 15) is 29.4 Å². The predicted octanol–water partition coefficient (Wildman–Crippen LogP) is -0.201. The molecule has 0 aliphatic rings. The average Bonchev–Trinajstić information content (AvgIpc) is 2.45. The minimum Gasteiger partial charge on any atom is -0.481 e.